The van der Waals surface area contributed by atoms with Gasteiger partial charge >= 0.3 is 5.97 Å². The molecule has 3 aliphatic rings. The third-order valence-electron chi connectivity index (χ3n) is 8.99. The fraction of sp³-hybridized carbons (Fsp3) is 0.273. The number of amides is 2. The summed E-state index contributed by atoms with van der Waals surface area (Å²) < 4.78 is 7.53. The van der Waals surface area contributed by atoms with Crippen LogP contribution in [-0.2, 0) is 25.7 Å². The smallest absolute Gasteiger partial charge is 0.327 e. The van der Waals surface area contributed by atoms with Crippen molar-refractivity contribution in [1.29, 1.82) is 0 Å². The average molecular weight is 548 g/mol. The van der Waals surface area contributed by atoms with E-state index < -0.39 is 29.4 Å². The molecule has 0 N–H and O–H groups in total. The third-order valence-corrected chi connectivity index (χ3v) is 8.99. The van der Waals surface area contributed by atoms with E-state index >= 15 is 0 Å². The Balaban J connectivity index is 1.39. The van der Waals surface area contributed by atoms with E-state index in [1.165, 1.54) is 11.8 Å². The van der Waals surface area contributed by atoms with Crippen LogP contribution < -0.4 is 4.90 Å². The summed E-state index contributed by atoms with van der Waals surface area (Å²) in [4.78, 5) is 58.7. The summed E-state index contributed by atoms with van der Waals surface area (Å²) in [6.45, 7) is 2.10. The highest BCUT2D eigenvalue weighted by Gasteiger charge is 2.74. The van der Waals surface area contributed by atoms with Crippen molar-refractivity contribution in [3.8, 4) is 0 Å². The molecule has 41 heavy (non-hydrogen) atoms. The topological polar surface area (TPSA) is 88.9 Å². The molecule has 0 radical (unpaired) electrons. The van der Waals surface area contributed by atoms with Gasteiger partial charge in [0.15, 0.2) is 0 Å². The Kier molecular flexibility index (Phi) is 5.90. The van der Waals surface area contributed by atoms with Crippen molar-refractivity contribution in [3.05, 3.63) is 102 Å². The molecule has 8 heteroatoms. The van der Waals surface area contributed by atoms with Crippen LogP contribution in [0.4, 0.5) is 5.69 Å². The minimum absolute atomic E-state index is 0.0749. The van der Waals surface area contributed by atoms with Crippen molar-refractivity contribution >= 4 is 40.3 Å². The summed E-state index contributed by atoms with van der Waals surface area (Å²) in [5.74, 6) is -3.07. The summed E-state index contributed by atoms with van der Waals surface area (Å²) in [6, 6.07) is 25.3. The molecule has 4 atom stereocenters. The van der Waals surface area contributed by atoms with Crippen LogP contribution in [0.3, 0.4) is 0 Å². The standard InChI is InChI=1S/C33H29N3O5/c1-21(37)34-19-25(24-15-8-9-16-26(24)34)29-27-28(31(39)36(30(27)38)23-13-6-3-7-14-23)33(17-10-18-35(29)33)32(40)41-20-22-11-4-2-5-12-22/h2-9,11-16,19,27-29H,10,17-18,20H2,1H3/t27-,28-,29-,33+/m1/s1. The fourth-order valence-corrected chi connectivity index (χ4v) is 7.38. The number of hydrogen-bond acceptors (Lipinski definition) is 6. The molecule has 0 aliphatic carbocycles. The first kappa shape index (κ1) is 25.4. The fourth-order valence-electron chi connectivity index (χ4n) is 7.38. The van der Waals surface area contributed by atoms with E-state index in [-0.39, 0.29) is 24.3 Å². The van der Waals surface area contributed by atoms with Gasteiger partial charge in [-0.3, -0.25) is 28.6 Å². The van der Waals surface area contributed by atoms with Crippen LogP contribution in [0.5, 0.6) is 0 Å². The summed E-state index contributed by atoms with van der Waals surface area (Å²) in [7, 11) is 0. The number of ether oxygens (including phenoxy) is 1. The molecule has 1 aromatic heterocycles. The van der Waals surface area contributed by atoms with Crippen LogP contribution in [0.15, 0.2) is 91.1 Å². The normalized spacial score (nSPS) is 25.5. The van der Waals surface area contributed by atoms with Gasteiger partial charge in [-0.15, -0.1) is 0 Å². The number of carbonyl (C=O) groups is 4. The van der Waals surface area contributed by atoms with Gasteiger partial charge < -0.3 is 4.74 Å². The number of benzene rings is 3. The van der Waals surface area contributed by atoms with Crippen molar-refractivity contribution in [1.82, 2.24) is 9.47 Å². The monoisotopic (exact) mass is 547 g/mol. The third kappa shape index (κ3) is 3.63. The van der Waals surface area contributed by atoms with Gasteiger partial charge in [0.25, 0.3) is 0 Å². The van der Waals surface area contributed by atoms with E-state index in [2.05, 4.69) is 0 Å². The van der Waals surface area contributed by atoms with E-state index in [1.54, 1.807) is 35.0 Å². The molecule has 3 saturated heterocycles. The molecule has 8 nitrogen and oxygen atoms in total. The minimum Gasteiger partial charge on any atom is -0.459 e. The molecule has 7 rings (SSSR count). The van der Waals surface area contributed by atoms with Crippen LogP contribution in [0, 0.1) is 11.8 Å². The van der Waals surface area contributed by atoms with Gasteiger partial charge in [-0.2, -0.15) is 0 Å². The summed E-state index contributed by atoms with van der Waals surface area (Å²) in [5, 5.41) is 0.824. The number of hydrogen-bond donors (Lipinski definition) is 0. The summed E-state index contributed by atoms with van der Waals surface area (Å²) in [6.07, 6.45) is 2.87. The van der Waals surface area contributed by atoms with E-state index in [0.717, 1.165) is 22.0 Å². The molecule has 3 aliphatic heterocycles. The van der Waals surface area contributed by atoms with Crippen molar-refractivity contribution in [2.24, 2.45) is 11.8 Å². The van der Waals surface area contributed by atoms with Gasteiger partial charge in [0.1, 0.15) is 12.1 Å². The van der Waals surface area contributed by atoms with E-state index in [1.807, 2.05) is 65.6 Å². The number of aromatic nitrogens is 1. The van der Waals surface area contributed by atoms with Crippen LogP contribution >= 0.6 is 0 Å². The summed E-state index contributed by atoms with van der Waals surface area (Å²) >= 11 is 0. The Morgan fingerprint density at radius 3 is 2.32 bits per heavy atom. The zero-order valence-corrected chi connectivity index (χ0v) is 22.6. The predicted molar refractivity (Wildman–Crippen MR) is 152 cm³/mol. The maximum Gasteiger partial charge on any atom is 0.327 e. The molecule has 4 heterocycles. The van der Waals surface area contributed by atoms with E-state index in [0.29, 0.717) is 25.1 Å². The molecular formula is C33H29N3O5. The average Bonchev–Trinajstić information content (AvgIpc) is 3.72. The molecule has 3 aromatic carbocycles. The van der Waals surface area contributed by atoms with Gasteiger partial charge in [0.2, 0.25) is 17.7 Å². The second-order valence-electron chi connectivity index (χ2n) is 11.1. The van der Waals surface area contributed by atoms with Gasteiger partial charge in [0, 0.05) is 18.5 Å². The number of carbonyl (C=O) groups excluding carboxylic acids is 4. The first-order chi connectivity index (χ1) is 19.9. The second kappa shape index (κ2) is 9.52. The highest BCUT2D eigenvalue weighted by Crippen LogP contribution is 2.60. The number of nitrogens with zero attached hydrogens (tertiary/aromatic N) is 3. The lowest BCUT2D eigenvalue weighted by Crippen LogP contribution is -2.54. The Labute approximate surface area is 237 Å². The lowest BCUT2D eigenvalue weighted by molar-refractivity contribution is -0.161. The Hall–Kier alpha value is -4.56. The van der Waals surface area contributed by atoms with Gasteiger partial charge in [0.05, 0.1) is 29.1 Å². The first-order valence-corrected chi connectivity index (χ1v) is 13.9. The highest BCUT2D eigenvalue weighted by atomic mass is 16.5. The maximum absolute atomic E-state index is 14.3. The van der Waals surface area contributed by atoms with Gasteiger partial charge in [-0.1, -0.05) is 66.7 Å². The molecule has 206 valence electrons. The minimum atomic E-state index is -1.29. The Morgan fingerprint density at radius 1 is 0.902 bits per heavy atom. The zero-order valence-electron chi connectivity index (χ0n) is 22.6. The molecular weight excluding hydrogens is 518 g/mol. The first-order valence-electron chi connectivity index (χ1n) is 13.9. The predicted octanol–water partition coefficient (Wildman–Crippen LogP) is 4.74. The van der Waals surface area contributed by atoms with E-state index in [4.69, 9.17) is 4.74 Å². The molecule has 0 spiro atoms. The Bertz CT molecular complexity index is 1700. The summed E-state index contributed by atoms with van der Waals surface area (Å²) in [5.41, 5.74) is 1.53. The molecule has 3 fully saturated rings. The van der Waals surface area contributed by atoms with Crippen LogP contribution in [0.2, 0.25) is 0 Å². The molecule has 0 bridgehead atoms. The van der Waals surface area contributed by atoms with Crippen LogP contribution in [0.25, 0.3) is 10.9 Å². The SMILES string of the molecule is CC(=O)n1cc([C@@H]2[C@@H]3C(=O)N(c4ccccc4)C(=O)[C@@H]3[C@]3(C(=O)OCc4ccccc4)CCCN23)c2ccccc21. The molecule has 0 unspecified atom stereocenters. The van der Waals surface area contributed by atoms with Crippen molar-refractivity contribution in [3.63, 3.8) is 0 Å². The number of imide groups is 1. The molecule has 4 aromatic rings. The largest absolute Gasteiger partial charge is 0.459 e. The number of para-hydroxylation sites is 2. The second-order valence-corrected chi connectivity index (χ2v) is 11.1. The van der Waals surface area contributed by atoms with Crippen molar-refractivity contribution in [2.45, 2.75) is 38.0 Å². The van der Waals surface area contributed by atoms with Crippen molar-refractivity contribution in [2.75, 3.05) is 11.4 Å². The molecule has 2 amide bonds. The molecule has 0 saturated carbocycles. The van der Waals surface area contributed by atoms with Gasteiger partial charge in [-0.25, -0.2) is 4.90 Å². The number of esters is 1. The lowest BCUT2D eigenvalue weighted by Gasteiger charge is -2.36. The lowest BCUT2D eigenvalue weighted by atomic mass is 9.77. The Morgan fingerprint density at radius 2 is 1.59 bits per heavy atom. The van der Waals surface area contributed by atoms with Gasteiger partial charge in [-0.05, 0) is 48.7 Å². The number of fused-ring (bicyclic) bond motifs is 4. The highest BCUT2D eigenvalue weighted by molar-refractivity contribution is 6.24. The zero-order chi connectivity index (χ0) is 28.3. The number of rotatable bonds is 5. The van der Waals surface area contributed by atoms with Crippen LogP contribution in [0.1, 0.15) is 41.7 Å². The van der Waals surface area contributed by atoms with Crippen LogP contribution in [-0.4, -0.2) is 45.2 Å². The maximum atomic E-state index is 14.3. The number of anilines is 1. The van der Waals surface area contributed by atoms with E-state index in [9.17, 15) is 19.2 Å². The van der Waals surface area contributed by atoms with Crippen molar-refractivity contribution < 1.29 is 23.9 Å². The quantitative estimate of drug-likeness (QED) is 0.265.